The molecule has 0 aromatic heterocycles. The van der Waals surface area contributed by atoms with Crippen LogP contribution in [0.25, 0.3) is 0 Å². The highest BCUT2D eigenvalue weighted by atomic mass is 16.5. The van der Waals surface area contributed by atoms with Gasteiger partial charge in [-0.3, -0.25) is 0 Å². The molecule has 0 radical (unpaired) electrons. The Morgan fingerprint density at radius 3 is 2.45 bits per heavy atom. The number of para-hydroxylation sites is 2. The molecule has 3 heteroatoms. The number of benzene rings is 1. The maximum absolute atomic E-state index is 5.81. The van der Waals surface area contributed by atoms with E-state index in [1.165, 1.54) is 32.1 Å². The van der Waals surface area contributed by atoms with E-state index in [-0.39, 0.29) is 0 Å². The van der Waals surface area contributed by atoms with Crippen LogP contribution in [0.1, 0.15) is 45.4 Å². The third-order valence-electron chi connectivity index (χ3n) is 3.77. The number of hydrogen-bond acceptors (Lipinski definition) is 3. The van der Waals surface area contributed by atoms with Gasteiger partial charge in [0, 0.05) is 6.04 Å². The van der Waals surface area contributed by atoms with E-state index in [0.29, 0.717) is 6.61 Å². The Bertz CT molecular complexity index is 375. The Labute approximate surface area is 122 Å². The number of hydrogen-bond donors (Lipinski definition) is 1. The first kappa shape index (κ1) is 15.2. The van der Waals surface area contributed by atoms with E-state index in [0.717, 1.165) is 37.1 Å². The van der Waals surface area contributed by atoms with Gasteiger partial charge in [0.15, 0.2) is 11.5 Å². The molecule has 20 heavy (non-hydrogen) atoms. The van der Waals surface area contributed by atoms with Crippen molar-refractivity contribution >= 4 is 0 Å². The van der Waals surface area contributed by atoms with E-state index in [9.17, 15) is 0 Å². The highest BCUT2D eigenvalue weighted by Crippen LogP contribution is 2.26. The summed E-state index contributed by atoms with van der Waals surface area (Å²) >= 11 is 0. The monoisotopic (exact) mass is 277 g/mol. The molecule has 0 spiro atoms. The van der Waals surface area contributed by atoms with E-state index < -0.39 is 0 Å². The SMILES string of the molecule is CCOc1ccccc1OCCCNC1CCCCC1. The van der Waals surface area contributed by atoms with Gasteiger partial charge in [-0.25, -0.2) is 0 Å². The quantitative estimate of drug-likeness (QED) is 0.734. The van der Waals surface area contributed by atoms with E-state index in [1.54, 1.807) is 0 Å². The van der Waals surface area contributed by atoms with Crippen molar-refractivity contribution in [2.75, 3.05) is 19.8 Å². The zero-order valence-corrected chi connectivity index (χ0v) is 12.6. The lowest BCUT2D eigenvalue weighted by Crippen LogP contribution is -2.32. The van der Waals surface area contributed by atoms with Crippen molar-refractivity contribution in [3.8, 4) is 11.5 Å². The molecule has 0 aliphatic heterocycles. The van der Waals surface area contributed by atoms with Crippen molar-refractivity contribution in [2.24, 2.45) is 0 Å². The lowest BCUT2D eigenvalue weighted by molar-refractivity contribution is 0.268. The average Bonchev–Trinajstić information content (AvgIpc) is 2.50. The maximum atomic E-state index is 5.81. The van der Waals surface area contributed by atoms with Crippen LogP contribution in [0.15, 0.2) is 24.3 Å². The third-order valence-corrected chi connectivity index (χ3v) is 3.77. The summed E-state index contributed by atoms with van der Waals surface area (Å²) in [4.78, 5) is 0. The molecular formula is C17H27NO2. The fraction of sp³-hybridized carbons (Fsp3) is 0.647. The van der Waals surface area contributed by atoms with Crippen LogP contribution in [0.2, 0.25) is 0 Å². The minimum absolute atomic E-state index is 0.670. The summed E-state index contributed by atoms with van der Waals surface area (Å²) in [5, 5.41) is 3.64. The molecule has 1 N–H and O–H groups in total. The molecule has 0 unspecified atom stereocenters. The predicted molar refractivity (Wildman–Crippen MR) is 82.6 cm³/mol. The largest absolute Gasteiger partial charge is 0.490 e. The molecular weight excluding hydrogens is 250 g/mol. The topological polar surface area (TPSA) is 30.5 Å². The molecule has 1 aliphatic rings. The molecule has 3 nitrogen and oxygen atoms in total. The van der Waals surface area contributed by atoms with Crippen LogP contribution >= 0.6 is 0 Å². The normalized spacial score (nSPS) is 16.1. The fourth-order valence-electron chi connectivity index (χ4n) is 2.71. The van der Waals surface area contributed by atoms with Crippen LogP contribution in [0, 0.1) is 0 Å². The molecule has 1 aromatic carbocycles. The maximum Gasteiger partial charge on any atom is 0.161 e. The summed E-state index contributed by atoms with van der Waals surface area (Å²) < 4.78 is 11.4. The van der Waals surface area contributed by atoms with E-state index >= 15 is 0 Å². The van der Waals surface area contributed by atoms with Crippen molar-refractivity contribution < 1.29 is 9.47 Å². The highest BCUT2D eigenvalue weighted by Gasteiger charge is 2.11. The number of ether oxygens (including phenoxy) is 2. The van der Waals surface area contributed by atoms with Gasteiger partial charge in [-0.15, -0.1) is 0 Å². The second-order valence-corrected chi connectivity index (χ2v) is 5.37. The van der Waals surface area contributed by atoms with E-state index in [2.05, 4.69) is 5.32 Å². The van der Waals surface area contributed by atoms with Crippen molar-refractivity contribution in [3.63, 3.8) is 0 Å². The highest BCUT2D eigenvalue weighted by molar-refractivity contribution is 5.39. The van der Waals surface area contributed by atoms with Gasteiger partial charge in [0.05, 0.1) is 13.2 Å². The van der Waals surface area contributed by atoms with Crippen LogP contribution in [0.3, 0.4) is 0 Å². The summed E-state index contributed by atoms with van der Waals surface area (Å²) in [5.41, 5.74) is 0. The Morgan fingerprint density at radius 2 is 1.75 bits per heavy atom. The first-order valence-electron chi connectivity index (χ1n) is 7.98. The average molecular weight is 277 g/mol. The molecule has 112 valence electrons. The van der Waals surface area contributed by atoms with Crippen molar-refractivity contribution in [1.82, 2.24) is 5.32 Å². The van der Waals surface area contributed by atoms with Crippen molar-refractivity contribution in [1.29, 1.82) is 0 Å². The zero-order chi connectivity index (χ0) is 14.0. The Hall–Kier alpha value is -1.22. The minimum Gasteiger partial charge on any atom is -0.490 e. The molecule has 0 saturated heterocycles. The Kier molecular flexibility index (Phi) is 6.72. The first-order valence-corrected chi connectivity index (χ1v) is 7.98. The van der Waals surface area contributed by atoms with Crippen LogP contribution in [0.4, 0.5) is 0 Å². The molecule has 0 bridgehead atoms. The second kappa shape index (κ2) is 8.85. The molecule has 0 atom stereocenters. The van der Waals surface area contributed by atoms with Gasteiger partial charge in [-0.2, -0.15) is 0 Å². The van der Waals surface area contributed by atoms with Gasteiger partial charge < -0.3 is 14.8 Å². The van der Waals surface area contributed by atoms with Gasteiger partial charge in [0.2, 0.25) is 0 Å². The molecule has 1 fully saturated rings. The van der Waals surface area contributed by atoms with Gasteiger partial charge in [0.1, 0.15) is 0 Å². The molecule has 1 aliphatic carbocycles. The van der Waals surface area contributed by atoms with Gasteiger partial charge in [0.25, 0.3) is 0 Å². The summed E-state index contributed by atoms with van der Waals surface area (Å²) in [7, 11) is 0. The first-order chi connectivity index (χ1) is 9.90. The van der Waals surface area contributed by atoms with Gasteiger partial charge in [-0.1, -0.05) is 31.4 Å². The Morgan fingerprint density at radius 1 is 1.05 bits per heavy atom. The van der Waals surface area contributed by atoms with Crippen LogP contribution in [-0.2, 0) is 0 Å². The van der Waals surface area contributed by atoms with Crippen LogP contribution in [-0.4, -0.2) is 25.8 Å². The van der Waals surface area contributed by atoms with Crippen molar-refractivity contribution in [3.05, 3.63) is 24.3 Å². The lowest BCUT2D eigenvalue weighted by Gasteiger charge is -2.22. The van der Waals surface area contributed by atoms with Crippen LogP contribution in [0.5, 0.6) is 11.5 Å². The van der Waals surface area contributed by atoms with Crippen molar-refractivity contribution in [2.45, 2.75) is 51.5 Å². The number of nitrogens with one attached hydrogen (secondary N) is 1. The molecule has 2 rings (SSSR count). The Balaban J connectivity index is 1.63. The third kappa shape index (κ3) is 5.04. The second-order valence-electron chi connectivity index (χ2n) is 5.37. The summed E-state index contributed by atoms with van der Waals surface area (Å²) in [6.45, 7) is 4.44. The van der Waals surface area contributed by atoms with Crippen LogP contribution < -0.4 is 14.8 Å². The van der Waals surface area contributed by atoms with Gasteiger partial charge in [-0.05, 0) is 44.9 Å². The smallest absolute Gasteiger partial charge is 0.161 e. The summed E-state index contributed by atoms with van der Waals surface area (Å²) in [6.07, 6.45) is 7.90. The standard InChI is InChI=1S/C17H27NO2/c1-2-19-16-11-6-7-12-17(16)20-14-8-13-18-15-9-4-3-5-10-15/h6-7,11-12,15,18H,2-5,8-10,13-14H2,1H3. The van der Waals surface area contributed by atoms with E-state index in [4.69, 9.17) is 9.47 Å². The fourth-order valence-corrected chi connectivity index (χ4v) is 2.71. The molecule has 0 amide bonds. The zero-order valence-electron chi connectivity index (χ0n) is 12.6. The van der Waals surface area contributed by atoms with E-state index in [1.807, 2.05) is 31.2 Å². The molecule has 1 saturated carbocycles. The number of rotatable bonds is 8. The molecule has 1 aromatic rings. The van der Waals surface area contributed by atoms with Gasteiger partial charge >= 0.3 is 0 Å². The summed E-state index contributed by atoms with van der Waals surface area (Å²) in [6, 6.07) is 8.62. The minimum atomic E-state index is 0.670. The predicted octanol–water partition coefficient (Wildman–Crippen LogP) is 3.78. The molecule has 0 heterocycles. The summed E-state index contributed by atoms with van der Waals surface area (Å²) in [5.74, 6) is 1.70. The lowest BCUT2D eigenvalue weighted by atomic mass is 9.95.